The van der Waals surface area contributed by atoms with Crippen molar-refractivity contribution in [3.8, 4) is 5.75 Å². The van der Waals surface area contributed by atoms with E-state index in [1.54, 1.807) is 12.1 Å². The standard InChI is InChI=1S/C15H13FN2O2/c16-10-4-1-3-9(7-10)11-8-12(11)15(20)18-14-13(19)5-2-6-17-14/h1-7,11-12,19H,8H2,(H,17,18,20)/t11-,12-/m1/s1. The molecule has 0 radical (unpaired) electrons. The largest absolute Gasteiger partial charge is 0.504 e. The van der Waals surface area contributed by atoms with Gasteiger partial charge in [-0.1, -0.05) is 12.1 Å². The third kappa shape index (κ3) is 2.47. The molecule has 2 N–H and O–H groups in total. The molecule has 2 atom stereocenters. The summed E-state index contributed by atoms with van der Waals surface area (Å²) in [6.07, 6.45) is 2.18. The van der Waals surface area contributed by atoms with E-state index in [2.05, 4.69) is 10.3 Å². The summed E-state index contributed by atoms with van der Waals surface area (Å²) in [6.45, 7) is 0. The van der Waals surface area contributed by atoms with Crippen molar-refractivity contribution in [2.45, 2.75) is 12.3 Å². The van der Waals surface area contributed by atoms with Gasteiger partial charge < -0.3 is 10.4 Å². The molecule has 5 heteroatoms. The third-order valence-electron chi connectivity index (χ3n) is 3.43. The summed E-state index contributed by atoms with van der Waals surface area (Å²) in [5.74, 6) is -0.565. The first-order valence-electron chi connectivity index (χ1n) is 6.35. The molecule has 0 saturated heterocycles. The van der Waals surface area contributed by atoms with Gasteiger partial charge in [0.2, 0.25) is 5.91 Å². The first-order chi connectivity index (χ1) is 9.65. The van der Waals surface area contributed by atoms with Crippen LogP contribution in [0.25, 0.3) is 0 Å². The van der Waals surface area contributed by atoms with E-state index in [0.717, 1.165) is 5.56 Å². The number of rotatable bonds is 3. The molecule has 1 amide bonds. The average molecular weight is 272 g/mol. The predicted octanol–water partition coefficient (Wildman–Crippen LogP) is 2.67. The molecule has 102 valence electrons. The smallest absolute Gasteiger partial charge is 0.229 e. The molecule has 1 aromatic heterocycles. The van der Waals surface area contributed by atoms with Crippen LogP contribution in [-0.2, 0) is 4.79 Å². The number of amides is 1. The number of nitrogens with one attached hydrogen (secondary N) is 1. The first kappa shape index (κ1) is 12.6. The monoisotopic (exact) mass is 272 g/mol. The molecule has 0 unspecified atom stereocenters. The maximum atomic E-state index is 13.1. The minimum atomic E-state index is -0.295. The molecule has 1 aliphatic rings. The Kier molecular flexibility index (Phi) is 3.10. The fourth-order valence-corrected chi connectivity index (χ4v) is 2.29. The minimum absolute atomic E-state index is 0.0385. The number of hydrogen-bond donors (Lipinski definition) is 2. The number of aromatic hydroxyl groups is 1. The number of aromatic nitrogens is 1. The van der Waals surface area contributed by atoms with Crippen molar-refractivity contribution in [1.82, 2.24) is 4.98 Å². The van der Waals surface area contributed by atoms with Gasteiger partial charge in [-0.2, -0.15) is 0 Å². The van der Waals surface area contributed by atoms with Gasteiger partial charge in [0, 0.05) is 12.1 Å². The molecule has 0 aliphatic heterocycles. The van der Waals surface area contributed by atoms with Crippen molar-refractivity contribution < 1.29 is 14.3 Å². The molecule has 0 bridgehead atoms. The topological polar surface area (TPSA) is 62.2 Å². The molecule has 2 aromatic rings. The van der Waals surface area contributed by atoms with Crippen LogP contribution in [0, 0.1) is 11.7 Å². The van der Waals surface area contributed by atoms with Crippen LogP contribution in [0.2, 0.25) is 0 Å². The molecule has 3 rings (SSSR count). The number of pyridine rings is 1. The highest BCUT2D eigenvalue weighted by Crippen LogP contribution is 2.48. The van der Waals surface area contributed by atoms with Crippen LogP contribution >= 0.6 is 0 Å². The van der Waals surface area contributed by atoms with Crippen LogP contribution in [0.3, 0.4) is 0 Å². The van der Waals surface area contributed by atoms with Gasteiger partial charge in [0.25, 0.3) is 0 Å². The first-order valence-corrected chi connectivity index (χ1v) is 6.35. The van der Waals surface area contributed by atoms with E-state index in [1.807, 2.05) is 6.07 Å². The number of carbonyl (C=O) groups is 1. The fraction of sp³-hybridized carbons (Fsp3) is 0.200. The summed E-state index contributed by atoms with van der Waals surface area (Å²) in [7, 11) is 0. The summed E-state index contributed by atoms with van der Waals surface area (Å²) in [6, 6.07) is 9.34. The summed E-state index contributed by atoms with van der Waals surface area (Å²) in [4.78, 5) is 15.9. The maximum absolute atomic E-state index is 13.1. The summed E-state index contributed by atoms with van der Waals surface area (Å²) in [5.41, 5.74) is 0.829. The Balaban J connectivity index is 1.68. The second-order valence-corrected chi connectivity index (χ2v) is 4.86. The van der Waals surface area contributed by atoms with Gasteiger partial charge in [0.05, 0.1) is 0 Å². The van der Waals surface area contributed by atoms with E-state index in [0.29, 0.717) is 6.42 Å². The zero-order valence-electron chi connectivity index (χ0n) is 10.6. The zero-order chi connectivity index (χ0) is 14.1. The highest BCUT2D eigenvalue weighted by atomic mass is 19.1. The van der Waals surface area contributed by atoms with Gasteiger partial charge in [-0.25, -0.2) is 9.37 Å². The van der Waals surface area contributed by atoms with Crippen LogP contribution in [0.5, 0.6) is 5.75 Å². The molecular weight excluding hydrogens is 259 g/mol. The summed E-state index contributed by atoms with van der Waals surface area (Å²) in [5, 5.41) is 12.1. The Hall–Kier alpha value is -2.43. The van der Waals surface area contributed by atoms with E-state index < -0.39 is 0 Å². The number of carbonyl (C=O) groups excluding carboxylic acids is 1. The second-order valence-electron chi connectivity index (χ2n) is 4.86. The van der Waals surface area contributed by atoms with Crippen LogP contribution < -0.4 is 5.32 Å². The van der Waals surface area contributed by atoms with Gasteiger partial charge >= 0.3 is 0 Å². The highest BCUT2D eigenvalue weighted by Gasteiger charge is 2.44. The van der Waals surface area contributed by atoms with E-state index in [-0.39, 0.29) is 35.1 Å². The maximum Gasteiger partial charge on any atom is 0.229 e. The molecule has 4 nitrogen and oxygen atoms in total. The number of nitrogens with zero attached hydrogens (tertiary/aromatic N) is 1. The van der Waals surface area contributed by atoms with Crippen molar-refractivity contribution >= 4 is 11.7 Å². The lowest BCUT2D eigenvalue weighted by Crippen LogP contribution is -2.15. The van der Waals surface area contributed by atoms with Crippen molar-refractivity contribution in [1.29, 1.82) is 0 Å². The molecule has 1 aromatic carbocycles. The highest BCUT2D eigenvalue weighted by molar-refractivity contribution is 5.95. The summed E-state index contributed by atoms with van der Waals surface area (Å²) >= 11 is 0. The van der Waals surface area contributed by atoms with Gasteiger partial charge in [0.15, 0.2) is 11.6 Å². The number of hydrogen-bond acceptors (Lipinski definition) is 3. The Morgan fingerprint density at radius 1 is 1.35 bits per heavy atom. The molecule has 0 spiro atoms. The van der Waals surface area contributed by atoms with Crippen molar-refractivity contribution in [3.63, 3.8) is 0 Å². The van der Waals surface area contributed by atoms with Crippen molar-refractivity contribution in [2.24, 2.45) is 5.92 Å². The third-order valence-corrected chi connectivity index (χ3v) is 3.43. The lowest BCUT2D eigenvalue weighted by atomic mass is 10.1. The van der Waals surface area contributed by atoms with Crippen LogP contribution in [0.1, 0.15) is 17.9 Å². The van der Waals surface area contributed by atoms with E-state index in [4.69, 9.17) is 0 Å². The lowest BCUT2D eigenvalue weighted by molar-refractivity contribution is -0.117. The van der Waals surface area contributed by atoms with Crippen molar-refractivity contribution in [3.05, 3.63) is 54.0 Å². The Morgan fingerprint density at radius 3 is 2.95 bits per heavy atom. The quantitative estimate of drug-likeness (QED) is 0.903. The van der Waals surface area contributed by atoms with Gasteiger partial charge in [0.1, 0.15) is 5.82 Å². The Bertz CT molecular complexity index is 660. The Morgan fingerprint density at radius 2 is 2.20 bits per heavy atom. The molecule has 1 saturated carbocycles. The predicted molar refractivity (Wildman–Crippen MR) is 71.8 cm³/mol. The van der Waals surface area contributed by atoms with Gasteiger partial charge in [-0.05, 0) is 42.2 Å². The number of halogens is 1. The molecule has 20 heavy (non-hydrogen) atoms. The summed E-state index contributed by atoms with van der Waals surface area (Å²) < 4.78 is 13.1. The van der Waals surface area contributed by atoms with Gasteiger partial charge in [-0.3, -0.25) is 4.79 Å². The average Bonchev–Trinajstić information content (AvgIpc) is 3.22. The fourth-order valence-electron chi connectivity index (χ4n) is 2.29. The molecular formula is C15H13FN2O2. The normalized spacial score (nSPS) is 20.4. The van der Waals surface area contributed by atoms with E-state index in [9.17, 15) is 14.3 Å². The molecule has 1 fully saturated rings. The zero-order valence-corrected chi connectivity index (χ0v) is 10.6. The lowest BCUT2D eigenvalue weighted by Gasteiger charge is -2.05. The number of anilines is 1. The van der Waals surface area contributed by atoms with Crippen LogP contribution in [0.4, 0.5) is 10.2 Å². The van der Waals surface area contributed by atoms with Crippen LogP contribution in [-0.4, -0.2) is 16.0 Å². The van der Waals surface area contributed by atoms with Crippen LogP contribution in [0.15, 0.2) is 42.6 Å². The molecule has 1 aliphatic carbocycles. The van der Waals surface area contributed by atoms with E-state index >= 15 is 0 Å². The van der Waals surface area contributed by atoms with Gasteiger partial charge in [-0.15, -0.1) is 0 Å². The Labute approximate surface area is 115 Å². The van der Waals surface area contributed by atoms with E-state index in [1.165, 1.54) is 24.4 Å². The second kappa shape index (κ2) is 4.92. The molecule has 1 heterocycles. The number of benzene rings is 1. The van der Waals surface area contributed by atoms with Crippen molar-refractivity contribution in [2.75, 3.05) is 5.32 Å². The SMILES string of the molecule is O=C(Nc1ncccc1O)[C@@H]1C[C@@H]1c1cccc(F)c1. The minimum Gasteiger partial charge on any atom is -0.504 e.